The molecule has 11 rings (SSSR count). The molecule has 0 aromatic heterocycles. The Morgan fingerprint density at radius 2 is 1.04 bits per heavy atom. The molecule has 0 radical (unpaired) electrons. The van der Waals surface area contributed by atoms with Gasteiger partial charge in [-0.15, -0.1) is 0 Å². The lowest BCUT2D eigenvalue weighted by Gasteiger charge is -2.45. The van der Waals surface area contributed by atoms with E-state index in [9.17, 15) is 0 Å². The maximum absolute atomic E-state index is 5.33. The Balaban J connectivity index is 1.09. The summed E-state index contributed by atoms with van der Waals surface area (Å²) in [4.78, 5) is 7.77. The molecule has 1 spiro atoms. The lowest BCUT2D eigenvalue weighted by atomic mass is 9.64. The number of rotatable bonds is 4. The number of benzene rings is 8. The van der Waals surface area contributed by atoms with Crippen LogP contribution in [0.2, 0.25) is 0 Å². The number of fused-ring (bicyclic) bond motifs is 10. The van der Waals surface area contributed by atoms with Crippen LogP contribution in [0, 0.1) is 0 Å². The van der Waals surface area contributed by atoms with E-state index in [1.54, 1.807) is 0 Å². The fourth-order valence-electron chi connectivity index (χ4n) is 9.23. The number of nitrogens with one attached hydrogen (secondary N) is 1. The lowest BCUT2D eigenvalue weighted by Crippen LogP contribution is -2.36. The molecule has 254 valence electrons. The van der Waals surface area contributed by atoms with E-state index >= 15 is 0 Å². The van der Waals surface area contributed by atoms with Crippen LogP contribution in [0.1, 0.15) is 45.0 Å². The number of aliphatic imine (C=N–C) groups is 1. The van der Waals surface area contributed by atoms with E-state index in [0.717, 1.165) is 28.3 Å². The smallest absolute Gasteiger partial charge is 0.133 e. The summed E-state index contributed by atoms with van der Waals surface area (Å²) in [5.41, 5.74) is 17.7. The van der Waals surface area contributed by atoms with E-state index in [-0.39, 0.29) is 6.04 Å². The van der Waals surface area contributed by atoms with Crippen molar-refractivity contribution >= 4 is 28.6 Å². The van der Waals surface area contributed by atoms with Crippen LogP contribution in [-0.2, 0) is 5.41 Å². The van der Waals surface area contributed by atoms with E-state index in [0.29, 0.717) is 0 Å². The molecule has 8 aromatic carbocycles. The largest absolute Gasteiger partial charge is 0.340 e. The molecule has 0 saturated carbocycles. The number of anilines is 4. The summed E-state index contributed by atoms with van der Waals surface area (Å²) in [7, 11) is 0. The van der Waals surface area contributed by atoms with E-state index in [1.807, 2.05) is 0 Å². The molecule has 1 unspecified atom stereocenters. The van der Waals surface area contributed by atoms with Gasteiger partial charge in [0.15, 0.2) is 0 Å². The van der Waals surface area contributed by atoms with Crippen molar-refractivity contribution in [3.05, 3.63) is 239 Å². The maximum atomic E-state index is 5.33. The third kappa shape index (κ3) is 4.45. The molecule has 3 aliphatic rings. The highest BCUT2D eigenvalue weighted by molar-refractivity contribution is 6.10. The summed E-state index contributed by atoms with van der Waals surface area (Å²) >= 11 is 0. The lowest BCUT2D eigenvalue weighted by molar-refractivity contribution is 0.753. The van der Waals surface area contributed by atoms with Gasteiger partial charge in [0, 0.05) is 22.5 Å². The average Bonchev–Trinajstić information content (AvgIpc) is 3.54. The number of amidine groups is 1. The van der Waals surface area contributed by atoms with Gasteiger partial charge < -0.3 is 10.2 Å². The summed E-state index contributed by atoms with van der Waals surface area (Å²) in [5.74, 6) is 0.880. The predicted octanol–water partition coefficient (Wildman–Crippen LogP) is 12.5. The molecular weight excluding hydrogens is 655 g/mol. The van der Waals surface area contributed by atoms with Gasteiger partial charge in [0.1, 0.15) is 11.9 Å². The summed E-state index contributed by atoms with van der Waals surface area (Å²) in [5, 5.41) is 3.68. The highest BCUT2D eigenvalue weighted by atomic mass is 15.2. The summed E-state index contributed by atoms with van der Waals surface area (Å²) in [6.45, 7) is 0. The molecule has 0 fully saturated rings. The first-order valence-corrected chi connectivity index (χ1v) is 18.7. The van der Waals surface area contributed by atoms with Crippen molar-refractivity contribution in [1.82, 2.24) is 0 Å². The van der Waals surface area contributed by atoms with Crippen LogP contribution in [0.25, 0.3) is 22.3 Å². The van der Waals surface area contributed by atoms with Crippen molar-refractivity contribution in [2.24, 2.45) is 4.99 Å². The van der Waals surface area contributed by atoms with Gasteiger partial charge in [-0.1, -0.05) is 158 Å². The van der Waals surface area contributed by atoms with Gasteiger partial charge in [-0.05, 0) is 92.5 Å². The zero-order valence-electron chi connectivity index (χ0n) is 29.5. The molecule has 0 amide bonds. The molecule has 2 heterocycles. The van der Waals surface area contributed by atoms with Crippen molar-refractivity contribution in [2.75, 3.05) is 10.2 Å². The molecule has 3 heteroatoms. The van der Waals surface area contributed by atoms with E-state index in [2.05, 4.69) is 210 Å². The second-order valence-corrected chi connectivity index (χ2v) is 14.3. The van der Waals surface area contributed by atoms with E-state index in [1.165, 1.54) is 61.4 Å². The van der Waals surface area contributed by atoms with Crippen molar-refractivity contribution < 1.29 is 0 Å². The third-order valence-electron chi connectivity index (χ3n) is 11.5. The number of hydrogen-bond donors (Lipinski definition) is 1. The summed E-state index contributed by atoms with van der Waals surface area (Å²) < 4.78 is 0. The van der Waals surface area contributed by atoms with Crippen molar-refractivity contribution in [3.63, 3.8) is 0 Å². The highest BCUT2D eigenvalue weighted by Gasteiger charge is 2.51. The second-order valence-electron chi connectivity index (χ2n) is 14.3. The number of hydrogen-bond acceptors (Lipinski definition) is 3. The van der Waals surface area contributed by atoms with Crippen molar-refractivity contribution in [2.45, 2.75) is 11.5 Å². The fraction of sp³-hybridized carbons (Fsp3) is 0.0392. The Kier molecular flexibility index (Phi) is 6.83. The van der Waals surface area contributed by atoms with Gasteiger partial charge in [-0.3, -0.25) is 4.99 Å². The first-order chi connectivity index (χ1) is 26.8. The molecule has 8 aromatic rings. The quantitative estimate of drug-likeness (QED) is 0.199. The molecule has 1 N–H and O–H groups in total. The summed E-state index contributed by atoms with van der Waals surface area (Å²) in [6.07, 6.45) is 0. The molecule has 1 atom stereocenters. The van der Waals surface area contributed by atoms with Crippen LogP contribution >= 0.6 is 0 Å². The first kappa shape index (κ1) is 30.6. The van der Waals surface area contributed by atoms with Gasteiger partial charge in [0.25, 0.3) is 0 Å². The number of nitrogens with zero attached hydrogens (tertiary/aromatic N) is 2. The zero-order valence-corrected chi connectivity index (χ0v) is 29.5. The summed E-state index contributed by atoms with van der Waals surface area (Å²) in [6, 6.07) is 72.7. The topological polar surface area (TPSA) is 27.6 Å². The molecule has 54 heavy (non-hydrogen) atoms. The Labute approximate surface area is 315 Å². The van der Waals surface area contributed by atoms with Gasteiger partial charge >= 0.3 is 0 Å². The van der Waals surface area contributed by atoms with Crippen LogP contribution in [-0.4, -0.2) is 5.84 Å². The maximum Gasteiger partial charge on any atom is 0.133 e. The Hall–Kier alpha value is -6.97. The van der Waals surface area contributed by atoms with Crippen LogP contribution in [0.4, 0.5) is 22.7 Å². The standard InChI is InChI=1S/C51H35N3/c1-3-16-34(17-4-1)49-41-23-8-12-27-46(41)52-50(53-49)37-19-15-18-35(32-37)36-30-31-40-39-22-7-9-24-42(39)51(45(40)33-36)43-25-10-13-28-47(43)54(38-20-5-2-6-21-38)48-29-14-11-26-44(48)51/h1-33,49H,(H,52,53). The minimum absolute atomic E-state index is 0.0810. The van der Waals surface area contributed by atoms with Crippen LogP contribution < -0.4 is 10.2 Å². The fourth-order valence-corrected chi connectivity index (χ4v) is 9.23. The molecular formula is C51H35N3. The zero-order chi connectivity index (χ0) is 35.6. The molecule has 0 bridgehead atoms. The molecule has 1 aliphatic carbocycles. The SMILES string of the molecule is c1ccc(C2N=C(c3cccc(-c4ccc5c(c4)C4(c6ccccc6-5)c5ccccc5N(c5ccccc5)c5ccccc54)c3)Nc3ccccc32)cc1. The van der Waals surface area contributed by atoms with Gasteiger partial charge in [-0.25, -0.2) is 0 Å². The monoisotopic (exact) mass is 689 g/mol. The van der Waals surface area contributed by atoms with Crippen molar-refractivity contribution in [3.8, 4) is 22.3 Å². The Morgan fingerprint density at radius 1 is 0.444 bits per heavy atom. The average molecular weight is 690 g/mol. The van der Waals surface area contributed by atoms with Gasteiger partial charge in [0.2, 0.25) is 0 Å². The van der Waals surface area contributed by atoms with Crippen LogP contribution in [0.3, 0.4) is 0 Å². The minimum Gasteiger partial charge on any atom is -0.340 e. The number of para-hydroxylation sites is 4. The second kappa shape index (κ2) is 12.0. The highest BCUT2D eigenvalue weighted by Crippen LogP contribution is 2.63. The van der Waals surface area contributed by atoms with Crippen molar-refractivity contribution in [1.29, 1.82) is 0 Å². The Morgan fingerprint density at radius 3 is 1.81 bits per heavy atom. The normalized spacial score (nSPS) is 15.6. The van der Waals surface area contributed by atoms with E-state index < -0.39 is 5.41 Å². The predicted molar refractivity (Wildman–Crippen MR) is 222 cm³/mol. The first-order valence-electron chi connectivity index (χ1n) is 18.7. The minimum atomic E-state index is -0.500. The van der Waals surface area contributed by atoms with E-state index in [4.69, 9.17) is 4.99 Å². The van der Waals surface area contributed by atoms with Gasteiger partial charge in [-0.2, -0.15) is 0 Å². The Bertz CT molecular complexity index is 2720. The molecule has 2 aliphatic heterocycles. The molecule has 3 nitrogen and oxygen atoms in total. The van der Waals surface area contributed by atoms with Crippen LogP contribution in [0.15, 0.2) is 205 Å². The third-order valence-corrected chi connectivity index (χ3v) is 11.5. The van der Waals surface area contributed by atoms with Gasteiger partial charge in [0.05, 0.1) is 16.8 Å². The van der Waals surface area contributed by atoms with Crippen LogP contribution in [0.5, 0.6) is 0 Å². The molecule has 0 saturated heterocycles.